The lowest BCUT2D eigenvalue weighted by atomic mass is 9.94. The van der Waals surface area contributed by atoms with Crippen molar-refractivity contribution in [3.63, 3.8) is 0 Å². The Hall–Kier alpha value is -6.94. The van der Waals surface area contributed by atoms with Crippen LogP contribution in [0.3, 0.4) is 0 Å². The Morgan fingerprint density at radius 2 is 1.02 bits per heavy atom. The van der Waals surface area contributed by atoms with Crippen LogP contribution in [0.5, 0.6) is 0 Å². The maximum Gasteiger partial charge on any atom is 0.135 e. The van der Waals surface area contributed by atoms with Gasteiger partial charge in [-0.1, -0.05) is 140 Å². The number of anilines is 3. The second-order valence-corrected chi connectivity index (χ2v) is 15.2. The molecule has 9 aromatic carbocycles. The number of hydrogen-bond donors (Lipinski definition) is 0. The van der Waals surface area contributed by atoms with Crippen LogP contribution < -0.4 is 4.90 Å². The summed E-state index contributed by atoms with van der Waals surface area (Å²) in [4.78, 5) is 2.44. The van der Waals surface area contributed by atoms with Crippen molar-refractivity contribution in [1.82, 2.24) is 0 Å². The van der Waals surface area contributed by atoms with Crippen molar-refractivity contribution in [2.24, 2.45) is 0 Å². The third-order valence-corrected chi connectivity index (χ3v) is 12.0. The van der Waals surface area contributed by atoms with Crippen LogP contribution in [0.25, 0.3) is 86.3 Å². The van der Waals surface area contributed by atoms with Crippen LogP contribution in [0.1, 0.15) is 0 Å². The summed E-state index contributed by atoms with van der Waals surface area (Å²) in [6.07, 6.45) is 0. The predicted molar refractivity (Wildman–Crippen MR) is 235 cm³/mol. The molecule has 0 N–H and O–H groups in total. The fourth-order valence-electron chi connectivity index (χ4n) is 8.21. The van der Waals surface area contributed by atoms with Crippen LogP contribution in [0.15, 0.2) is 205 Å². The highest BCUT2D eigenvalue weighted by Gasteiger charge is 2.21. The van der Waals surface area contributed by atoms with Crippen molar-refractivity contribution in [3.05, 3.63) is 200 Å². The zero-order chi connectivity index (χ0) is 36.3. The Bertz CT molecular complexity index is 3200. The van der Waals surface area contributed by atoms with Crippen molar-refractivity contribution in [2.45, 2.75) is 0 Å². The molecule has 11 rings (SSSR count). The zero-order valence-corrected chi connectivity index (χ0v) is 30.6. The summed E-state index contributed by atoms with van der Waals surface area (Å²) in [7, 11) is 0. The molecule has 55 heavy (non-hydrogen) atoms. The van der Waals surface area contributed by atoms with Gasteiger partial charge in [-0.05, 0) is 99.3 Å². The first-order valence-electron chi connectivity index (χ1n) is 18.7. The largest absolute Gasteiger partial charge is 0.456 e. The highest BCUT2D eigenvalue weighted by Crippen LogP contribution is 2.46. The summed E-state index contributed by atoms with van der Waals surface area (Å²) in [5.74, 6) is 0. The van der Waals surface area contributed by atoms with Gasteiger partial charge in [-0.25, -0.2) is 0 Å². The average molecular weight is 720 g/mol. The Morgan fingerprint density at radius 1 is 0.345 bits per heavy atom. The molecule has 0 radical (unpaired) electrons. The van der Waals surface area contributed by atoms with Gasteiger partial charge in [0.05, 0.1) is 5.69 Å². The van der Waals surface area contributed by atoms with Gasteiger partial charge >= 0.3 is 0 Å². The summed E-state index contributed by atoms with van der Waals surface area (Å²) in [5.41, 5.74) is 12.2. The van der Waals surface area contributed by atoms with Gasteiger partial charge in [0.2, 0.25) is 0 Å². The Labute approximate surface area is 322 Å². The first-order valence-corrected chi connectivity index (χ1v) is 19.5. The molecule has 0 spiro atoms. The van der Waals surface area contributed by atoms with E-state index in [0.717, 1.165) is 50.1 Å². The predicted octanol–water partition coefficient (Wildman–Crippen LogP) is 15.6. The lowest BCUT2D eigenvalue weighted by Gasteiger charge is -2.29. The van der Waals surface area contributed by atoms with Gasteiger partial charge in [-0.3, -0.25) is 0 Å². The van der Waals surface area contributed by atoms with E-state index in [4.69, 9.17) is 4.42 Å². The maximum absolute atomic E-state index is 6.15. The number of fused-ring (bicyclic) bond motifs is 7. The number of rotatable bonds is 6. The van der Waals surface area contributed by atoms with E-state index in [1.54, 1.807) is 0 Å². The second-order valence-electron chi connectivity index (χ2n) is 14.1. The monoisotopic (exact) mass is 719 g/mol. The lowest BCUT2D eigenvalue weighted by Crippen LogP contribution is -2.11. The molecule has 2 heterocycles. The van der Waals surface area contributed by atoms with Crippen molar-refractivity contribution >= 4 is 81.3 Å². The smallest absolute Gasteiger partial charge is 0.135 e. The molecule has 0 aliphatic carbocycles. The first kappa shape index (κ1) is 31.6. The number of furan rings is 1. The van der Waals surface area contributed by atoms with Gasteiger partial charge in [0.15, 0.2) is 0 Å². The molecular formula is C52H33NOS. The molecular weight excluding hydrogens is 687 g/mol. The van der Waals surface area contributed by atoms with Crippen LogP contribution in [0, 0.1) is 0 Å². The SMILES string of the molecule is c1ccc(-c2ccc(-c3cccc4ccccc34)cc2N(c2ccc(-c3ccc4oc5ccccc5c4c3)cc2)c2ccc3sc4ccccc4c3c2)cc1. The van der Waals surface area contributed by atoms with Crippen LogP contribution in [-0.2, 0) is 0 Å². The van der Waals surface area contributed by atoms with E-state index in [0.29, 0.717) is 0 Å². The molecule has 2 nitrogen and oxygen atoms in total. The first-order chi connectivity index (χ1) is 27.2. The van der Waals surface area contributed by atoms with Gasteiger partial charge in [0.25, 0.3) is 0 Å². The fraction of sp³-hybridized carbons (Fsp3) is 0. The molecule has 0 aliphatic heterocycles. The molecule has 258 valence electrons. The van der Waals surface area contributed by atoms with Crippen LogP contribution in [-0.4, -0.2) is 0 Å². The minimum atomic E-state index is 0.906. The molecule has 0 fully saturated rings. The van der Waals surface area contributed by atoms with E-state index in [2.05, 4.69) is 193 Å². The number of benzene rings is 9. The van der Waals surface area contributed by atoms with Crippen molar-refractivity contribution in [1.29, 1.82) is 0 Å². The molecule has 0 saturated carbocycles. The number of para-hydroxylation sites is 1. The lowest BCUT2D eigenvalue weighted by molar-refractivity contribution is 0.669. The summed E-state index contributed by atoms with van der Waals surface area (Å²) in [6, 6.07) is 72.5. The highest BCUT2D eigenvalue weighted by atomic mass is 32.1. The summed E-state index contributed by atoms with van der Waals surface area (Å²) >= 11 is 1.85. The molecule has 0 amide bonds. The fourth-order valence-corrected chi connectivity index (χ4v) is 9.30. The number of hydrogen-bond acceptors (Lipinski definition) is 3. The normalized spacial score (nSPS) is 11.6. The second kappa shape index (κ2) is 12.9. The van der Waals surface area contributed by atoms with Crippen LogP contribution in [0.4, 0.5) is 17.1 Å². The maximum atomic E-state index is 6.15. The number of thiophene rings is 1. The topological polar surface area (TPSA) is 16.4 Å². The molecule has 3 heteroatoms. The molecule has 2 aromatic heterocycles. The van der Waals surface area contributed by atoms with Crippen LogP contribution >= 0.6 is 11.3 Å². The quantitative estimate of drug-likeness (QED) is 0.170. The number of nitrogens with zero attached hydrogens (tertiary/aromatic N) is 1. The van der Waals surface area contributed by atoms with Crippen molar-refractivity contribution in [2.75, 3.05) is 4.90 Å². The molecule has 0 aliphatic rings. The summed E-state index contributed by atoms with van der Waals surface area (Å²) < 4.78 is 8.74. The molecule has 0 atom stereocenters. The van der Waals surface area contributed by atoms with Crippen molar-refractivity contribution < 1.29 is 4.42 Å². The van der Waals surface area contributed by atoms with Crippen molar-refractivity contribution in [3.8, 4) is 33.4 Å². The Morgan fingerprint density at radius 3 is 1.91 bits per heavy atom. The van der Waals surface area contributed by atoms with Gasteiger partial charge in [0, 0.05) is 47.9 Å². The van der Waals surface area contributed by atoms with E-state index in [1.165, 1.54) is 53.2 Å². The standard InChI is InChI=1S/C52H33NOS/c1-2-11-36(12-3-1)43-28-23-38(42-18-10-14-35-13-4-5-15-41(35)42)32-48(43)53(40-27-30-52-47(33-40)45-17-7-9-20-51(45)55-52)39-25-21-34(22-26-39)37-24-29-50-46(31-37)44-16-6-8-19-49(44)54-50/h1-33H. The van der Waals surface area contributed by atoms with E-state index in [9.17, 15) is 0 Å². The third kappa shape index (κ3) is 5.40. The molecule has 0 unspecified atom stereocenters. The van der Waals surface area contributed by atoms with E-state index >= 15 is 0 Å². The minimum absolute atomic E-state index is 0.906. The summed E-state index contributed by atoms with van der Waals surface area (Å²) in [5, 5.41) is 7.30. The van der Waals surface area contributed by atoms with E-state index in [-0.39, 0.29) is 0 Å². The minimum Gasteiger partial charge on any atom is -0.456 e. The highest BCUT2D eigenvalue weighted by molar-refractivity contribution is 7.25. The Kier molecular flexibility index (Phi) is 7.39. The van der Waals surface area contributed by atoms with Gasteiger partial charge < -0.3 is 9.32 Å². The van der Waals surface area contributed by atoms with E-state index < -0.39 is 0 Å². The van der Waals surface area contributed by atoms with Gasteiger partial charge in [-0.15, -0.1) is 11.3 Å². The zero-order valence-electron chi connectivity index (χ0n) is 29.8. The molecule has 0 bridgehead atoms. The van der Waals surface area contributed by atoms with Gasteiger partial charge in [-0.2, -0.15) is 0 Å². The average Bonchev–Trinajstić information content (AvgIpc) is 3.82. The van der Waals surface area contributed by atoms with Gasteiger partial charge in [0.1, 0.15) is 11.2 Å². The molecule has 11 aromatic rings. The Balaban J connectivity index is 1.13. The summed E-state index contributed by atoms with van der Waals surface area (Å²) in [6.45, 7) is 0. The van der Waals surface area contributed by atoms with E-state index in [1.807, 2.05) is 23.5 Å². The third-order valence-electron chi connectivity index (χ3n) is 10.9. The molecule has 0 saturated heterocycles. The van der Waals surface area contributed by atoms with Crippen LogP contribution in [0.2, 0.25) is 0 Å².